The Balaban J connectivity index is 1.67. The zero-order chi connectivity index (χ0) is 20.3. The van der Waals surface area contributed by atoms with Crippen molar-refractivity contribution in [3.8, 4) is 5.69 Å². The van der Waals surface area contributed by atoms with E-state index in [2.05, 4.69) is 10.4 Å². The van der Waals surface area contributed by atoms with E-state index >= 15 is 0 Å². The Bertz CT molecular complexity index is 1030. The Hall–Kier alpha value is -3.19. The highest BCUT2D eigenvalue weighted by atomic mass is 35.5. The molecule has 1 heterocycles. The molecule has 28 heavy (non-hydrogen) atoms. The van der Waals surface area contributed by atoms with E-state index < -0.39 is 24.3 Å². The van der Waals surface area contributed by atoms with Gasteiger partial charge in [-0.2, -0.15) is 5.10 Å². The third-order valence-electron chi connectivity index (χ3n) is 4.04. The van der Waals surface area contributed by atoms with E-state index in [9.17, 15) is 14.0 Å². The Morgan fingerprint density at radius 1 is 1.18 bits per heavy atom. The van der Waals surface area contributed by atoms with Gasteiger partial charge in [-0.25, -0.2) is 13.9 Å². The summed E-state index contributed by atoms with van der Waals surface area (Å²) < 4.78 is 20.3. The minimum atomic E-state index is -0.947. The van der Waals surface area contributed by atoms with Gasteiger partial charge in [-0.3, -0.25) is 4.79 Å². The Kier molecular flexibility index (Phi) is 5.75. The van der Waals surface area contributed by atoms with E-state index in [1.807, 2.05) is 37.3 Å². The van der Waals surface area contributed by atoms with Crippen LogP contribution in [0.2, 0.25) is 5.02 Å². The molecule has 3 rings (SSSR count). The summed E-state index contributed by atoms with van der Waals surface area (Å²) in [6.45, 7) is 3.02. The number of benzene rings is 2. The van der Waals surface area contributed by atoms with Crippen molar-refractivity contribution >= 4 is 29.2 Å². The van der Waals surface area contributed by atoms with Gasteiger partial charge >= 0.3 is 5.97 Å². The molecule has 0 saturated carbocycles. The average molecular weight is 402 g/mol. The third kappa shape index (κ3) is 4.20. The summed E-state index contributed by atoms with van der Waals surface area (Å²) in [6.07, 6.45) is 0. The van der Waals surface area contributed by atoms with Crippen LogP contribution >= 0.6 is 11.6 Å². The molecule has 0 saturated heterocycles. The number of rotatable bonds is 5. The van der Waals surface area contributed by atoms with Crippen LogP contribution in [0.25, 0.3) is 5.69 Å². The number of esters is 1. The summed E-state index contributed by atoms with van der Waals surface area (Å²) in [7, 11) is 0. The predicted molar refractivity (Wildman–Crippen MR) is 103 cm³/mol. The van der Waals surface area contributed by atoms with Gasteiger partial charge in [0.15, 0.2) is 6.61 Å². The molecule has 1 aromatic heterocycles. The van der Waals surface area contributed by atoms with Gasteiger partial charge in [0.1, 0.15) is 5.82 Å². The minimum Gasteiger partial charge on any atom is -0.452 e. The number of carbonyl (C=O) groups excluding carboxylic acids is 2. The first-order valence-electron chi connectivity index (χ1n) is 8.40. The van der Waals surface area contributed by atoms with E-state index in [1.165, 1.54) is 12.1 Å². The van der Waals surface area contributed by atoms with Crippen molar-refractivity contribution in [3.63, 3.8) is 0 Å². The van der Waals surface area contributed by atoms with Crippen LogP contribution in [0, 0.1) is 19.7 Å². The second kappa shape index (κ2) is 8.22. The number of para-hydroxylation sites is 1. The Morgan fingerprint density at radius 2 is 1.89 bits per heavy atom. The number of ether oxygens (including phenoxy) is 1. The molecule has 144 valence electrons. The molecule has 0 spiro atoms. The molecule has 0 radical (unpaired) electrons. The molecule has 0 fully saturated rings. The lowest BCUT2D eigenvalue weighted by Crippen LogP contribution is -2.22. The fourth-order valence-electron chi connectivity index (χ4n) is 2.68. The van der Waals surface area contributed by atoms with E-state index in [4.69, 9.17) is 16.3 Å². The highest BCUT2D eigenvalue weighted by molar-refractivity contribution is 6.30. The van der Waals surface area contributed by atoms with Crippen LogP contribution in [0.5, 0.6) is 0 Å². The Labute approximate surface area is 165 Å². The summed E-state index contributed by atoms with van der Waals surface area (Å²) in [6, 6.07) is 13.0. The number of hydrogen-bond donors (Lipinski definition) is 1. The van der Waals surface area contributed by atoms with E-state index in [1.54, 1.807) is 11.6 Å². The van der Waals surface area contributed by atoms with E-state index in [0.29, 0.717) is 11.4 Å². The van der Waals surface area contributed by atoms with Crippen molar-refractivity contribution in [2.24, 2.45) is 0 Å². The Morgan fingerprint density at radius 3 is 2.57 bits per heavy atom. The molecule has 0 unspecified atom stereocenters. The van der Waals surface area contributed by atoms with Crippen molar-refractivity contribution in [2.45, 2.75) is 13.8 Å². The molecular weight excluding hydrogens is 385 g/mol. The highest BCUT2D eigenvalue weighted by Gasteiger charge is 2.18. The van der Waals surface area contributed by atoms with Crippen molar-refractivity contribution < 1.29 is 18.7 Å². The largest absolute Gasteiger partial charge is 0.452 e. The molecule has 6 nitrogen and oxygen atoms in total. The van der Waals surface area contributed by atoms with Crippen LogP contribution in [-0.4, -0.2) is 28.3 Å². The number of nitrogens with zero attached hydrogens (tertiary/aromatic N) is 2. The van der Waals surface area contributed by atoms with Crippen molar-refractivity contribution in [1.29, 1.82) is 0 Å². The lowest BCUT2D eigenvalue weighted by molar-refractivity contribution is -0.119. The van der Waals surface area contributed by atoms with Gasteiger partial charge in [-0.05, 0) is 44.2 Å². The number of aromatic nitrogens is 2. The average Bonchev–Trinajstić information content (AvgIpc) is 2.95. The third-order valence-corrected chi connectivity index (χ3v) is 4.28. The van der Waals surface area contributed by atoms with Gasteiger partial charge in [0.05, 0.1) is 28.3 Å². The van der Waals surface area contributed by atoms with Gasteiger partial charge in [0.25, 0.3) is 5.91 Å². The summed E-state index contributed by atoms with van der Waals surface area (Å²) in [4.78, 5) is 24.2. The molecule has 0 atom stereocenters. The molecule has 2 aromatic carbocycles. The molecule has 8 heteroatoms. The quantitative estimate of drug-likeness (QED) is 0.654. The monoisotopic (exact) mass is 401 g/mol. The zero-order valence-corrected chi connectivity index (χ0v) is 16.0. The number of nitrogens with one attached hydrogen (secondary N) is 1. The molecule has 1 N–H and O–H groups in total. The molecule has 0 bridgehead atoms. The number of hydrogen-bond acceptors (Lipinski definition) is 4. The highest BCUT2D eigenvalue weighted by Crippen LogP contribution is 2.22. The van der Waals surface area contributed by atoms with Gasteiger partial charge in [-0.1, -0.05) is 29.8 Å². The first kappa shape index (κ1) is 19.6. The zero-order valence-electron chi connectivity index (χ0n) is 15.2. The van der Waals surface area contributed by atoms with Crippen LogP contribution < -0.4 is 5.32 Å². The number of halogens is 2. The van der Waals surface area contributed by atoms with Crippen LogP contribution in [0.1, 0.15) is 21.7 Å². The fraction of sp³-hybridized carbons (Fsp3) is 0.150. The maximum absolute atomic E-state index is 13.7. The topological polar surface area (TPSA) is 73.2 Å². The molecule has 3 aromatic rings. The first-order valence-corrected chi connectivity index (χ1v) is 8.78. The van der Waals surface area contributed by atoms with Gasteiger partial charge in [-0.15, -0.1) is 0 Å². The van der Waals surface area contributed by atoms with Crippen LogP contribution in [-0.2, 0) is 9.53 Å². The van der Waals surface area contributed by atoms with Gasteiger partial charge in [0, 0.05) is 5.02 Å². The van der Waals surface area contributed by atoms with Crippen LogP contribution in [0.4, 0.5) is 10.1 Å². The van der Waals surface area contributed by atoms with Gasteiger partial charge in [0.2, 0.25) is 0 Å². The van der Waals surface area contributed by atoms with Crippen molar-refractivity contribution in [3.05, 3.63) is 76.3 Å². The minimum absolute atomic E-state index is 0.160. The van der Waals surface area contributed by atoms with Crippen LogP contribution in [0.3, 0.4) is 0 Å². The summed E-state index contributed by atoms with van der Waals surface area (Å²) in [5.74, 6) is -2.31. The van der Waals surface area contributed by atoms with Crippen molar-refractivity contribution in [2.75, 3.05) is 11.9 Å². The van der Waals surface area contributed by atoms with Crippen LogP contribution in [0.15, 0.2) is 48.5 Å². The van der Waals surface area contributed by atoms with Gasteiger partial charge < -0.3 is 10.1 Å². The smallest absolute Gasteiger partial charge is 0.341 e. The maximum Gasteiger partial charge on any atom is 0.341 e. The van der Waals surface area contributed by atoms with Crippen molar-refractivity contribution in [1.82, 2.24) is 9.78 Å². The molecule has 1 amide bonds. The number of carbonyl (C=O) groups is 2. The van der Waals surface area contributed by atoms with E-state index in [0.717, 1.165) is 17.4 Å². The maximum atomic E-state index is 13.7. The standard InChI is InChI=1S/C20H17ClFN3O3/c1-12-19(13(2)25(24-12)15-6-4-3-5-7-15)23-18(26)11-28-20(27)16-9-8-14(21)10-17(16)22/h3-10H,11H2,1-2H3,(H,23,26). The second-order valence-corrected chi connectivity index (χ2v) is 6.48. The number of anilines is 1. The number of aryl methyl sites for hydroxylation is 1. The number of amides is 1. The van der Waals surface area contributed by atoms with E-state index in [-0.39, 0.29) is 10.6 Å². The molecule has 0 aliphatic rings. The summed E-state index contributed by atoms with van der Waals surface area (Å²) >= 11 is 5.65. The fourth-order valence-corrected chi connectivity index (χ4v) is 2.84. The predicted octanol–water partition coefficient (Wildman–Crippen LogP) is 4.08. The lowest BCUT2D eigenvalue weighted by Gasteiger charge is -2.08. The first-order chi connectivity index (χ1) is 13.4. The summed E-state index contributed by atoms with van der Waals surface area (Å²) in [5, 5.41) is 7.27. The lowest BCUT2D eigenvalue weighted by atomic mass is 10.2. The molecule has 0 aliphatic carbocycles. The SMILES string of the molecule is Cc1nn(-c2ccccc2)c(C)c1NC(=O)COC(=O)c1ccc(Cl)cc1F. The molecular formula is C20H17ClFN3O3. The molecule has 0 aliphatic heterocycles. The summed E-state index contributed by atoms with van der Waals surface area (Å²) in [5.41, 5.74) is 2.44. The second-order valence-electron chi connectivity index (χ2n) is 6.04. The normalized spacial score (nSPS) is 10.6.